The molecule has 1 fully saturated rings. The number of amides is 1. The summed E-state index contributed by atoms with van der Waals surface area (Å²) in [7, 11) is -3.78. The van der Waals surface area contributed by atoms with Gasteiger partial charge in [-0.3, -0.25) is 4.79 Å². The zero-order valence-electron chi connectivity index (χ0n) is 14.5. The van der Waals surface area contributed by atoms with Gasteiger partial charge in [-0.15, -0.1) is 0 Å². The van der Waals surface area contributed by atoms with E-state index in [9.17, 15) is 18.3 Å². The predicted molar refractivity (Wildman–Crippen MR) is 99.0 cm³/mol. The van der Waals surface area contributed by atoms with E-state index in [4.69, 9.17) is 0 Å². The molecule has 6 nitrogen and oxygen atoms in total. The predicted octanol–water partition coefficient (Wildman–Crippen LogP) is 2.22. The molecule has 0 aliphatic heterocycles. The Morgan fingerprint density at radius 2 is 1.73 bits per heavy atom. The highest BCUT2D eigenvalue weighted by molar-refractivity contribution is 7.89. The van der Waals surface area contributed by atoms with Gasteiger partial charge in [0.05, 0.1) is 4.90 Å². The van der Waals surface area contributed by atoms with Gasteiger partial charge in [-0.1, -0.05) is 30.3 Å². The molecule has 0 bridgehead atoms. The van der Waals surface area contributed by atoms with Crippen molar-refractivity contribution < 1.29 is 18.3 Å². The zero-order chi connectivity index (χ0) is 18.8. The molecule has 1 amide bonds. The smallest absolute Gasteiger partial charge is 0.240 e. The molecule has 1 aliphatic carbocycles. The summed E-state index contributed by atoms with van der Waals surface area (Å²) in [5.41, 5.74) is 0.0196. The second-order valence-corrected chi connectivity index (χ2v) is 8.36. The Bertz CT molecular complexity index is 878. The first-order chi connectivity index (χ1) is 12.3. The molecular weight excluding hydrogens is 352 g/mol. The van der Waals surface area contributed by atoms with Gasteiger partial charge in [-0.25, -0.2) is 13.1 Å². The first-order valence-electron chi connectivity index (χ1n) is 8.46. The molecular formula is C19H22N2O4S. The van der Waals surface area contributed by atoms with E-state index in [2.05, 4.69) is 10.0 Å². The summed E-state index contributed by atoms with van der Waals surface area (Å²) in [6.07, 6.45) is 1.75. The van der Waals surface area contributed by atoms with Crippen molar-refractivity contribution in [2.75, 3.05) is 11.9 Å². The van der Waals surface area contributed by atoms with Crippen molar-refractivity contribution in [2.24, 2.45) is 5.92 Å². The van der Waals surface area contributed by atoms with Gasteiger partial charge in [0.1, 0.15) is 5.60 Å². The second-order valence-electron chi connectivity index (χ2n) is 6.59. The number of sulfonamides is 1. The van der Waals surface area contributed by atoms with Crippen molar-refractivity contribution in [3.05, 3.63) is 60.2 Å². The summed E-state index contributed by atoms with van der Waals surface area (Å²) in [6.45, 7) is 1.30. The Hall–Kier alpha value is -2.22. The fraction of sp³-hybridized carbons (Fsp3) is 0.316. The first-order valence-corrected chi connectivity index (χ1v) is 9.95. The van der Waals surface area contributed by atoms with Crippen LogP contribution in [-0.2, 0) is 20.4 Å². The number of aliphatic hydroxyl groups is 1. The number of carbonyl (C=O) groups excluding carboxylic acids is 1. The molecule has 1 atom stereocenters. The Labute approximate surface area is 153 Å². The number of carbonyl (C=O) groups is 1. The summed E-state index contributed by atoms with van der Waals surface area (Å²) in [4.78, 5) is 11.1. The molecule has 1 aliphatic rings. The Morgan fingerprint density at radius 3 is 2.27 bits per heavy atom. The minimum Gasteiger partial charge on any atom is -0.383 e. The van der Waals surface area contributed by atoms with Crippen LogP contribution in [0.25, 0.3) is 0 Å². The lowest BCUT2D eigenvalue weighted by atomic mass is 9.89. The number of hydrogen-bond acceptors (Lipinski definition) is 4. The maximum atomic E-state index is 12.6. The number of hydrogen-bond donors (Lipinski definition) is 3. The number of nitrogens with one attached hydrogen (secondary N) is 2. The van der Waals surface area contributed by atoms with Crippen molar-refractivity contribution in [3.63, 3.8) is 0 Å². The fourth-order valence-corrected chi connectivity index (χ4v) is 4.05. The zero-order valence-corrected chi connectivity index (χ0v) is 15.3. The van der Waals surface area contributed by atoms with Gasteiger partial charge in [0, 0.05) is 19.2 Å². The highest BCUT2D eigenvalue weighted by Gasteiger charge is 2.45. The third-order valence-corrected chi connectivity index (χ3v) is 5.96. The molecule has 0 radical (unpaired) electrons. The van der Waals surface area contributed by atoms with Crippen molar-refractivity contribution in [3.8, 4) is 0 Å². The van der Waals surface area contributed by atoms with Crippen molar-refractivity contribution in [2.45, 2.75) is 30.3 Å². The molecule has 0 saturated heterocycles. The maximum Gasteiger partial charge on any atom is 0.240 e. The summed E-state index contributed by atoms with van der Waals surface area (Å²) in [5.74, 6) is -0.175. The average Bonchev–Trinajstić information content (AvgIpc) is 3.46. The quantitative estimate of drug-likeness (QED) is 0.692. The highest BCUT2D eigenvalue weighted by Crippen LogP contribution is 2.45. The van der Waals surface area contributed by atoms with E-state index in [1.54, 1.807) is 0 Å². The van der Waals surface area contributed by atoms with Crippen LogP contribution in [0, 0.1) is 5.92 Å². The first kappa shape index (κ1) is 18.6. The molecule has 0 heterocycles. The standard InChI is InChI=1S/C19H22N2O4S/c1-14(22)21-17-9-11-18(12-10-17)26(24,25)20-13-19(23,16-7-8-16)15-5-3-2-4-6-15/h2-6,9-12,16,20,23H,7-8,13H2,1H3,(H,21,22). The molecule has 26 heavy (non-hydrogen) atoms. The molecule has 2 aromatic rings. The summed E-state index contributed by atoms with van der Waals surface area (Å²) >= 11 is 0. The molecule has 138 valence electrons. The topological polar surface area (TPSA) is 95.5 Å². The van der Waals surface area contributed by atoms with Gasteiger partial charge in [0.25, 0.3) is 0 Å². The Morgan fingerprint density at radius 1 is 1.12 bits per heavy atom. The van der Waals surface area contributed by atoms with Crippen LogP contribution in [0.5, 0.6) is 0 Å². The Balaban J connectivity index is 1.75. The normalized spacial score (nSPS) is 16.7. The average molecular weight is 374 g/mol. The van der Waals surface area contributed by atoms with Crippen LogP contribution in [0.2, 0.25) is 0 Å². The van der Waals surface area contributed by atoms with Crippen molar-refractivity contribution >= 4 is 21.6 Å². The minimum absolute atomic E-state index is 0.0507. The lowest BCUT2D eigenvalue weighted by molar-refractivity contribution is -0.114. The van der Waals surface area contributed by atoms with E-state index in [0.29, 0.717) is 11.3 Å². The SMILES string of the molecule is CC(=O)Nc1ccc(S(=O)(=O)NCC(O)(c2ccccc2)C2CC2)cc1. The van der Waals surface area contributed by atoms with Gasteiger partial charge in [-0.2, -0.15) is 0 Å². The van der Waals surface area contributed by atoms with Crippen LogP contribution in [-0.4, -0.2) is 26.0 Å². The van der Waals surface area contributed by atoms with E-state index in [-0.39, 0.29) is 23.3 Å². The van der Waals surface area contributed by atoms with Crippen LogP contribution in [0.3, 0.4) is 0 Å². The fourth-order valence-electron chi connectivity index (χ4n) is 2.98. The van der Waals surface area contributed by atoms with Crippen LogP contribution in [0.4, 0.5) is 5.69 Å². The molecule has 3 N–H and O–H groups in total. The second kappa shape index (κ2) is 7.19. The third kappa shape index (κ3) is 4.12. The van der Waals surface area contributed by atoms with Crippen LogP contribution < -0.4 is 10.0 Å². The van der Waals surface area contributed by atoms with Crippen LogP contribution in [0.15, 0.2) is 59.5 Å². The molecule has 0 aromatic heterocycles. The van der Waals surface area contributed by atoms with Crippen molar-refractivity contribution in [1.29, 1.82) is 0 Å². The molecule has 3 rings (SSSR count). The summed E-state index contributed by atoms with van der Waals surface area (Å²) in [6, 6.07) is 15.1. The van der Waals surface area contributed by atoms with Gasteiger partial charge >= 0.3 is 0 Å². The monoisotopic (exact) mass is 374 g/mol. The summed E-state index contributed by atoms with van der Waals surface area (Å²) < 4.78 is 27.7. The molecule has 1 saturated carbocycles. The van der Waals surface area contributed by atoms with Gasteiger partial charge in [-0.05, 0) is 48.6 Å². The Kier molecular flexibility index (Phi) is 5.13. The number of benzene rings is 2. The van der Waals surface area contributed by atoms with Crippen LogP contribution in [0.1, 0.15) is 25.3 Å². The lowest BCUT2D eigenvalue weighted by Gasteiger charge is -2.29. The van der Waals surface area contributed by atoms with E-state index < -0.39 is 15.6 Å². The van der Waals surface area contributed by atoms with Crippen LogP contribution >= 0.6 is 0 Å². The summed E-state index contributed by atoms with van der Waals surface area (Å²) in [5, 5.41) is 13.7. The van der Waals surface area contributed by atoms with E-state index in [1.807, 2.05) is 30.3 Å². The molecule has 0 spiro atoms. The van der Waals surface area contributed by atoms with E-state index in [0.717, 1.165) is 12.8 Å². The number of rotatable bonds is 7. The lowest BCUT2D eigenvalue weighted by Crippen LogP contribution is -2.42. The van der Waals surface area contributed by atoms with Gasteiger partial charge in [0.2, 0.25) is 15.9 Å². The molecule has 1 unspecified atom stereocenters. The minimum atomic E-state index is -3.78. The van der Waals surface area contributed by atoms with Gasteiger partial charge in [0.15, 0.2) is 0 Å². The molecule has 7 heteroatoms. The third-order valence-electron chi connectivity index (χ3n) is 4.54. The van der Waals surface area contributed by atoms with E-state index in [1.165, 1.54) is 31.2 Å². The largest absolute Gasteiger partial charge is 0.383 e. The van der Waals surface area contributed by atoms with Gasteiger partial charge < -0.3 is 10.4 Å². The highest BCUT2D eigenvalue weighted by atomic mass is 32.2. The number of anilines is 1. The molecule has 2 aromatic carbocycles. The van der Waals surface area contributed by atoms with E-state index >= 15 is 0 Å². The maximum absolute atomic E-state index is 12.6. The van der Waals surface area contributed by atoms with Crippen molar-refractivity contribution in [1.82, 2.24) is 4.72 Å².